The number of cyclic esters (lactones) is 1. The van der Waals surface area contributed by atoms with Crippen LogP contribution in [0.2, 0.25) is 0 Å². The van der Waals surface area contributed by atoms with Crippen LogP contribution in [0.4, 0.5) is 5.69 Å². The molecule has 0 atom stereocenters. The smallest absolute Gasteiger partial charge is 0.363 e. The van der Waals surface area contributed by atoms with E-state index in [0.717, 1.165) is 3.57 Å². The average Bonchev–Trinajstić information content (AvgIpc) is 3.07. The van der Waals surface area contributed by atoms with Crippen molar-refractivity contribution in [2.75, 3.05) is 13.2 Å². The molecule has 1 aliphatic heterocycles. The Morgan fingerprint density at radius 3 is 2.71 bits per heavy atom. The fourth-order valence-corrected chi connectivity index (χ4v) is 3.68. The van der Waals surface area contributed by atoms with Crippen LogP contribution in [0.5, 0.6) is 11.5 Å². The van der Waals surface area contributed by atoms with E-state index < -0.39 is 10.9 Å². The zero-order valence-electron chi connectivity index (χ0n) is 16.9. The number of nitro benzene ring substituents is 1. The minimum atomic E-state index is -0.606. The SMILES string of the molecule is C=CCOc1c(I)cc(/C=C2\N=C(c3ccc([N+](=O)[O-])c(C)c3)OC2=O)cc1OCC. The van der Waals surface area contributed by atoms with Crippen molar-refractivity contribution < 1.29 is 23.9 Å². The summed E-state index contributed by atoms with van der Waals surface area (Å²) in [7, 11) is 0. The first-order valence-electron chi connectivity index (χ1n) is 9.32. The molecule has 0 radical (unpaired) electrons. The van der Waals surface area contributed by atoms with Gasteiger partial charge in [0.05, 0.1) is 15.1 Å². The Kier molecular flexibility index (Phi) is 7.06. The molecule has 0 unspecified atom stereocenters. The number of nitrogens with zero attached hydrogens (tertiary/aromatic N) is 2. The highest BCUT2D eigenvalue weighted by Crippen LogP contribution is 2.35. The van der Waals surface area contributed by atoms with E-state index in [1.54, 1.807) is 31.2 Å². The quantitative estimate of drug-likeness (QED) is 0.120. The number of benzene rings is 2. The molecule has 31 heavy (non-hydrogen) atoms. The number of aryl methyl sites for hydroxylation is 1. The maximum Gasteiger partial charge on any atom is 0.363 e. The molecule has 1 aliphatic rings. The Hall–Kier alpha value is -3.21. The van der Waals surface area contributed by atoms with Gasteiger partial charge in [-0.2, -0.15) is 0 Å². The Morgan fingerprint density at radius 1 is 1.29 bits per heavy atom. The summed E-state index contributed by atoms with van der Waals surface area (Å²) in [6.45, 7) is 7.92. The van der Waals surface area contributed by atoms with Gasteiger partial charge in [-0.1, -0.05) is 12.7 Å². The van der Waals surface area contributed by atoms with Crippen LogP contribution in [-0.4, -0.2) is 30.0 Å². The number of rotatable bonds is 8. The second-order valence-corrected chi connectivity index (χ2v) is 7.62. The number of hydrogen-bond acceptors (Lipinski definition) is 7. The fourth-order valence-electron chi connectivity index (χ4n) is 2.90. The summed E-state index contributed by atoms with van der Waals surface area (Å²) < 4.78 is 17.5. The monoisotopic (exact) mass is 534 g/mol. The van der Waals surface area contributed by atoms with Crippen LogP contribution in [0.15, 0.2) is 53.7 Å². The molecule has 1 heterocycles. The third-order valence-corrected chi connectivity index (χ3v) is 5.04. The van der Waals surface area contributed by atoms with Gasteiger partial charge in [-0.3, -0.25) is 10.1 Å². The van der Waals surface area contributed by atoms with Crippen LogP contribution in [0.3, 0.4) is 0 Å². The third kappa shape index (κ3) is 5.10. The Labute approximate surface area is 192 Å². The molecule has 0 N–H and O–H groups in total. The minimum absolute atomic E-state index is 0.0127. The van der Waals surface area contributed by atoms with Crippen LogP contribution in [0, 0.1) is 20.6 Å². The highest BCUT2D eigenvalue weighted by Gasteiger charge is 2.25. The maximum absolute atomic E-state index is 12.3. The standard InChI is InChI=1S/C22H19IN2O6/c1-4-8-30-20-16(23)10-14(12-19(20)29-5-2)11-17-22(26)31-21(24-17)15-6-7-18(25(27)28)13(3)9-15/h4,6-7,9-12H,1,5,8H2,2-3H3/b17-11-. The van der Waals surface area contributed by atoms with E-state index in [9.17, 15) is 14.9 Å². The molecule has 0 saturated heterocycles. The molecule has 2 aromatic carbocycles. The van der Waals surface area contributed by atoms with Crippen LogP contribution < -0.4 is 9.47 Å². The third-order valence-electron chi connectivity index (χ3n) is 4.24. The largest absolute Gasteiger partial charge is 0.490 e. The van der Waals surface area contributed by atoms with Gasteiger partial charge in [-0.25, -0.2) is 9.79 Å². The first-order chi connectivity index (χ1) is 14.8. The number of aliphatic imine (C=N–C) groups is 1. The molecule has 0 bridgehead atoms. The van der Waals surface area contributed by atoms with Crippen LogP contribution >= 0.6 is 22.6 Å². The summed E-state index contributed by atoms with van der Waals surface area (Å²) in [6.07, 6.45) is 3.24. The topological polar surface area (TPSA) is 100 Å². The molecule has 0 aromatic heterocycles. The summed E-state index contributed by atoms with van der Waals surface area (Å²) in [6, 6.07) is 8.03. The lowest BCUT2D eigenvalue weighted by Gasteiger charge is -2.13. The molecule has 0 fully saturated rings. The number of hydrogen-bond donors (Lipinski definition) is 0. The highest BCUT2D eigenvalue weighted by atomic mass is 127. The number of nitro groups is 1. The zero-order chi connectivity index (χ0) is 22.5. The van der Waals surface area contributed by atoms with Crippen molar-refractivity contribution in [1.82, 2.24) is 0 Å². The lowest BCUT2D eigenvalue weighted by atomic mass is 10.1. The lowest BCUT2D eigenvalue weighted by molar-refractivity contribution is -0.385. The molecule has 8 nitrogen and oxygen atoms in total. The number of carbonyl (C=O) groups is 1. The molecule has 3 rings (SSSR count). The van der Waals surface area contributed by atoms with Crippen molar-refractivity contribution in [3.8, 4) is 11.5 Å². The van der Waals surface area contributed by atoms with E-state index in [4.69, 9.17) is 14.2 Å². The normalized spacial score (nSPS) is 14.2. The van der Waals surface area contributed by atoms with E-state index in [1.807, 2.05) is 13.0 Å². The Balaban J connectivity index is 1.95. The zero-order valence-corrected chi connectivity index (χ0v) is 19.0. The maximum atomic E-state index is 12.3. The molecule has 0 spiro atoms. The molecule has 0 amide bonds. The molecule has 9 heteroatoms. The Bertz CT molecular complexity index is 1120. The predicted molar refractivity (Wildman–Crippen MR) is 124 cm³/mol. The van der Waals surface area contributed by atoms with Crippen LogP contribution in [0.25, 0.3) is 6.08 Å². The minimum Gasteiger partial charge on any atom is -0.490 e. The van der Waals surface area contributed by atoms with Gasteiger partial charge < -0.3 is 14.2 Å². The van der Waals surface area contributed by atoms with E-state index in [-0.39, 0.29) is 17.3 Å². The van der Waals surface area contributed by atoms with Crippen molar-refractivity contribution in [3.63, 3.8) is 0 Å². The molecule has 160 valence electrons. The predicted octanol–water partition coefficient (Wildman–Crippen LogP) is 4.82. The van der Waals surface area contributed by atoms with Gasteiger partial charge in [0.15, 0.2) is 17.2 Å². The van der Waals surface area contributed by atoms with Crippen molar-refractivity contribution in [3.05, 3.63) is 79.1 Å². The summed E-state index contributed by atoms with van der Waals surface area (Å²) >= 11 is 2.13. The van der Waals surface area contributed by atoms with Gasteiger partial charge in [0.25, 0.3) is 5.69 Å². The van der Waals surface area contributed by atoms with Gasteiger partial charge in [0.2, 0.25) is 5.90 Å². The summed E-state index contributed by atoms with van der Waals surface area (Å²) in [5.41, 5.74) is 1.73. The van der Waals surface area contributed by atoms with E-state index in [1.165, 1.54) is 12.1 Å². The summed E-state index contributed by atoms with van der Waals surface area (Å²) in [4.78, 5) is 27.2. The number of ether oxygens (including phenoxy) is 3. The fraction of sp³-hybridized carbons (Fsp3) is 0.182. The lowest BCUT2D eigenvalue weighted by Crippen LogP contribution is -2.06. The van der Waals surface area contributed by atoms with Crippen molar-refractivity contribution >= 4 is 46.2 Å². The Morgan fingerprint density at radius 2 is 2.06 bits per heavy atom. The van der Waals surface area contributed by atoms with Gasteiger partial charge in [-0.15, -0.1) is 0 Å². The highest BCUT2D eigenvalue weighted by molar-refractivity contribution is 14.1. The summed E-state index contributed by atoms with van der Waals surface area (Å²) in [5, 5.41) is 11.0. The number of esters is 1. The molecule has 0 aliphatic carbocycles. The van der Waals surface area contributed by atoms with E-state index in [0.29, 0.717) is 41.4 Å². The molecule has 0 saturated carbocycles. The van der Waals surface area contributed by atoms with Gasteiger partial charge in [-0.05, 0) is 72.3 Å². The second kappa shape index (κ2) is 9.73. The van der Waals surface area contributed by atoms with Gasteiger partial charge >= 0.3 is 5.97 Å². The number of carbonyl (C=O) groups excluding carboxylic acids is 1. The van der Waals surface area contributed by atoms with Crippen LogP contribution in [0.1, 0.15) is 23.6 Å². The summed E-state index contributed by atoms with van der Waals surface area (Å²) in [5.74, 6) is 0.638. The average molecular weight is 534 g/mol. The van der Waals surface area contributed by atoms with Gasteiger partial charge in [0.1, 0.15) is 6.61 Å². The second-order valence-electron chi connectivity index (χ2n) is 6.46. The van der Waals surface area contributed by atoms with Crippen LogP contribution in [-0.2, 0) is 9.53 Å². The molecular weight excluding hydrogens is 515 g/mol. The van der Waals surface area contributed by atoms with Crippen molar-refractivity contribution in [2.45, 2.75) is 13.8 Å². The first-order valence-corrected chi connectivity index (χ1v) is 10.4. The van der Waals surface area contributed by atoms with Gasteiger partial charge in [0, 0.05) is 17.2 Å². The number of halogens is 1. The molecule has 2 aromatic rings. The van der Waals surface area contributed by atoms with Crippen molar-refractivity contribution in [1.29, 1.82) is 0 Å². The van der Waals surface area contributed by atoms with Crippen molar-refractivity contribution in [2.24, 2.45) is 4.99 Å². The van der Waals surface area contributed by atoms with E-state index in [2.05, 4.69) is 34.2 Å². The van der Waals surface area contributed by atoms with E-state index >= 15 is 0 Å². The molecular formula is C22H19IN2O6. The first kappa shape index (κ1) is 22.5.